The molecule has 68 valence electrons. The van der Waals surface area contributed by atoms with Crippen LogP contribution in [-0.2, 0) is 9.59 Å². The molecule has 0 aromatic carbocycles. The number of hydrogen-bond acceptors (Lipinski definition) is 3. The van der Waals surface area contributed by atoms with E-state index in [0.29, 0.717) is 0 Å². The van der Waals surface area contributed by atoms with Gasteiger partial charge in [-0.15, -0.1) is 11.8 Å². The second-order valence-electron chi connectivity index (χ2n) is 3.74. The summed E-state index contributed by atoms with van der Waals surface area (Å²) in [5, 5.41) is 0.521. The third kappa shape index (κ3) is 0.729. The molecule has 0 aliphatic carbocycles. The maximum Gasteiger partial charge on any atom is 0.234 e. The van der Waals surface area contributed by atoms with E-state index in [0.717, 1.165) is 0 Å². The van der Waals surface area contributed by atoms with Gasteiger partial charge in [-0.2, -0.15) is 0 Å². The molecule has 0 saturated carbocycles. The largest absolute Gasteiger partial charge is 0.285 e. The Hall–Kier alpha value is -0.770. The van der Waals surface area contributed by atoms with Crippen LogP contribution in [0.2, 0.25) is 0 Å². The van der Waals surface area contributed by atoms with E-state index in [2.05, 4.69) is 12.2 Å². The van der Waals surface area contributed by atoms with E-state index in [1.165, 1.54) is 4.90 Å². The summed E-state index contributed by atoms with van der Waals surface area (Å²) in [6.07, 6.45) is 4.14. The molecule has 3 heterocycles. The molecule has 4 heteroatoms. The fraction of sp³-hybridized carbons (Fsp3) is 0.556. The number of carbonyl (C=O) groups excluding carboxylic acids is 2. The highest BCUT2D eigenvalue weighted by atomic mass is 32.2. The Morgan fingerprint density at radius 3 is 2.08 bits per heavy atom. The lowest BCUT2D eigenvalue weighted by Crippen LogP contribution is -2.28. The van der Waals surface area contributed by atoms with Crippen LogP contribution in [-0.4, -0.2) is 34.3 Å². The van der Waals surface area contributed by atoms with Crippen molar-refractivity contribution in [2.24, 2.45) is 11.8 Å². The minimum absolute atomic E-state index is 0.0133. The number of likely N-dealkylation sites (tertiary alicyclic amines) is 1. The van der Waals surface area contributed by atoms with Gasteiger partial charge >= 0.3 is 0 Å². The molecule has 2 fully saturated rings. The summed E-state index contributed by atoms with van der Waals surface area (Å²) < 4.78 is 0. The Kier molecular flexibility index (Phi) is 1.28. The quantitative estimate of drug-likeness (QED) is 0.411. The predicted octanol–water partition coefficient (Wildman–Crippen LogP) is 0.271. The molecular weight excluding hydrogens is 186 g/mol. The van der Waals surface area contributed by atoms with Crippen molar-refractivity contribution in [3.8, 4) is 0 Å². The minimum Gasteiger partial charge on any atom is -0.285 e. The summed E-state index contributed by atoms with van der Waals surface area (Å²) >= 11 is 1.75. The van der Waals surface area contributed by atoms with E-state index < -0.39 is 0 Å². The van der Waals surface area contributed by atoms with Crippen molar-refractivity contribution in [2.75, 3.05) is 7.05 Å². The average molecular weight is 195 g/mol. The Bertz CT molecular complexity index is 309. The lowest BCUT2D eigenvalue weighted by molar-refractivity contribution is -0.138. The summed E-state index contributed by atoms with van der Waals surface area (Å²) in [7, 11) is 1.59. The second kappa shape index (κ2) is 2.18. The predicted molar refractivity (Wildman–Crippen MR) is 49.1 cm³/mol. The van der Waals surface area contributed by atoms with Gasteiger partial charge in [-0.1, -0.05) is 12.2 Å². The summed E-state index contributed by atoms with van der Waals surface area (Å²) in [6, 6.07) is 0. The number of imide groups is 1. The SMILES string of the molecule is CN1C(=O)[C@@H]2[C@H](C1=O)[C@@H]1C=C[C@H]2S1. The standard InChI is InChI=1S/C9H9NO2S/c1-10-8(11)6-4-2-3-5(13-4)7(6)9(10)12/h2-7H,1H3/t4-,5+,6+,7-. The van der Waals surface area contributed by atoms with Crippen molar-refractivity contribution >= 4 is 23.6 Å². The van der Waals surface area contributed by atoms with E-state index in [1.54, 1.807) is 18.8 Å². The molecule has 0 unspecified atom stereocenters. The highest BCUT2D eigenvalue weighted by molar-refractivity contribution is 8.01. The number of fused-ring (bicyclic) bond motifs is 5. The Morgan fingerprint density at radius 2 is 1.62 bits per heavy atom. The topological polar surface area (TPSA) is 37.4 Å². The molecule has 3 rings (SSSR count). The molecule has 0 spiro atoms. The van der Waals surface area contributed by atoms with Gasteiger partial charge in [0.15, 0.2) is 0 Å². The van der Waals surface area contributed by atoms with Crippen LogP contribution in [0.15, 0.2) is 12.2 Å². The Labute approximate surface area is 80.2 Å². The van der Waals surface area contributed by atoms with Crippen LogP contribution in [0, 0.1) is 11.8 Å². The third-order valence-corrected chi connectivity index (χ3v) is 4.66. The number of hydrogen-bond donors (Lipinski definition) is 0. The summed E-state index contributed by atoms with van der Waals surface area (Å²) in [6.45, 7) is 0. The van der Waals surface area contributed by atoms with Gasteiger partial charge in [0.05, 0.1) is 11.8 Å². The van der Waals surface area contributed by atoms with Crippen LogP contribution in [0.3, 0.4) is 0 Å². The lowest BCUT2D eigenvalue weighted by Gasteiger charge is -2.12. The normalized spacial score (nSPS) is 46.4. The van der Waals surface area contributed by atoms with Gasteiger partial charge in [0, 0.05) is 17.5 Å². The molecule has 0 N–H and O–H groups in total. The van der Waals surface area contributed by atoms with Gasteiger partial charge in [0.2, 0.25) is 11.8 Å². The van der Waals surface area contributed by atoms with Gasteiger partial charge in [0.25, 0.3) is 0 Å². The maximum atomic E-state index is 11.6. The fourth-order valence-corrected chi connectivity index (χ4v) is 4.09. The molecule has 13 heavy (non-hydrogen) atoms. The van der Waals surface area contributed by atoms with Crippen molar-refractivity contribution in [1.82, 2.24) is 4.90 Å². The van der Waals surface area contributed by atoms with Gasteiger partial charge < -0.3 is 0 Å². The average Bonchev–Trinajstić information content (AvgIpc) is 2.76. The Balaban J connectivity index is 2.08. The molecule has 2 saturated heterocycles. The van der Waals surface area contributed by atoms with Crippen molar-refractivity contribution in [3.05, 3.63) is 12.2 Å². The van der Waals surface area contributed by atoms with E-state index in [1.807, 2.05) is 0 Å². The Morgan fingerprint density at radius 1 is 1.15 bits per heavy atom. The first-order valence-electron chi connectivity index (χ1n) is 4.35. The summed E-state index contributed by atoms with van der Waals surface area (Å²) in [5.74, 6) is -0.0892. The van der Waals surface area contributed by atoms with Gasteiger partial charge in [-0.05, 0) is 0 Å². The van der Waals surface area contributed by atoms with Crippen molar-refractivity contribution < 1.29 is 9.59 Å². The number of carbonyl (C=O) groups is 2. The molecule has 3 aliphatic rings. The van der Waals surface area contributed by atoms with Gasteiger partial charge in [-0.25, -0.2) is 0 Å². The minimum atomic E-state index is -0.0579. The molecular formula is C9H9NO2S. The number of amides is 2. The van der Waals surface area contributed by atoms with E-state index in [-0.39, 0.29) is 34.2 Å². The first-order valence-corrected chi connectivity index (χ1v) is 5.29. The smallest absolute Gasteiger partial charge is 0.234 e. The molecule has 0 aromatic rings. The molecule has 2 amide bonds. The highest BCUT2D eigenvalue weighted by Crippen LogP contribution is 2.52. The van der Waals surface area contributed by atoms with Crippen LogP contribution >= 0.6 is 11.8 Å². The van der Waals surface area contributed by atoms with Crippen molar-refractivity contribution in [1.29, 1.82) is 0 Å². The van der Waals surface area contributed by atoms with Crippen molar-refractivity contribution in [3.63, 3.8) is 0 Å². The highest BCUT2D eigenvalue weighted by Gasteiger charge is 2.58. The fourth-order valence-electron chi connectivity index (χ4n) is 2.45. The van der Waals surface area contributed by atoms with Crippen LogP contribution in [0.4, 0.5) is 0 Å². The van der Waals surface area contributed by atoms with E-state index >= 15 is 0 Å². The maximum absolute atomic E-state index is 11.6. The van der Waals surface area contributed by atoms with Crippen LogP contribution < -0.4 is 0 Å². The van der Waals surface area contributed by atoms with Gasteiger partial charge in [-0.3, -0.25) is 14.5 Å². The third-order valence-electron chi connectivity index (χ3n) is 3.13. The molecule has 2 bridgehead atoms. The zero-order valence-corrected chi connectivity index (χ0v) is 7.95. The monoisotopic (exact) mass is 195 g/mol. The molecule has 0 radical (unpaired) electrons. The number of nitrogens with zero attached hydrogens (tertiary/aromatic N) is 1. The second-order valence-corrected chi connectivity index (χ2v) is 5.10. The van der Waals surface area contributed by atoms with Crippen LogP contribution in [0.1, 0.15) is 0 Å². The zero-order chi connectivity index (χ0) is 9.16. The zero-order valence-electron chi connectivity index (χ0n) is 7.14. The van der Waals surface area contributed by atoms with E-state index in [4.69, 9.17) is 0 Å². The summed E-state index contributed by atoms with van der Waals surface area (Å²) in [5.41, 5.74) is 0. The molecule has 3 aliphatic heterocycles. The molecule has 3 nitrogen and oxygen atoms in total. The van der Waals surface area contributed by atoms with Crippen LogP contribution in [0.25, 0.3) is 0 Å². The van der Waals surface area contributed by atoms with Crippen molar-refractivity contribution in [2.45, 2.75) is 10.5 Å². The first kappa shape index (κ1) is 7.62. The van der Waals surface area contributed by atoms with Crippen LogP contribution in [0.5, 0.6) is 0 Å². The van der Waals surface area contributed by atoms with Gasteiger partial charge in [0.1, 0.15) is 0 Å². The lowest BCUT2D eigenvalue weighted by atomic mass is 9.85. The molecule has 0 aromatic heterocycles. The number of thioether (sulfide) groups is 1. The first-order chi connectivity index (χ1) is 6.20. The van der Waals surface area contributed by atoms with E-state index in [9.17, 15) is 9.59 Å². The molecule has 4 atom stereocenters. The number of rotatable bonds is 0. The summed E-state index contributed by atoms with van der Waals surface area (Å²) in [4.78, 5) is 24.6.